The lowest BCUT2D eigenvalue weighted by Crippen LogP contribution is -1.97. The molecule has 28 heavy (non-hydrogen) atoms. The number of aromatic nitrogens is 1. The van der Waals surface area contributed by atoms with Gasteiger partial charge in [-0.25, -0.2) is 0 Å². The molecule has 0 saturated carbocycles. The van der Waals surface area contributed by atoms with Crippen molar-refractivity contribution in [1.29, 1.82) is 0 Å². The Bertz CT molecular complexity index is 949. The largest absolute Gasteiger partial charge is 0.325 e. The number of hydrogen-bond donors (Lipinski definition) is 2. The molecule has 0 bridgehead atoms. The number of unbranched alkanes of at least 4 members (excludes halogenated alkanes) is 1. The van der Waals surface area contributed by atoms with Crippen LogP contribution in [0.25, 0.3) is 22.4 Å². The first kappa shape index (κ1) is 20.5. The second kappa shape index (κ2) is 9.29. The molecular formula is C23H26NO3P. The van der Waals surface area contributed by atoms with Crippen molar-refractivity contribution in [2.75, 3.05) is 6.16 Å². The Balaban J connectivity index is 1.88. The molecule has 0 amide bonds. The number of benzene rings is 2. The zero-order chi connectivity index (χ0) is 20.0. The molecule has 0 aliphatic heterocycles. The highest BCUT2D eigenvalue weighted by atomic mass is 31.2. The van der Waals surface area contributed by atoms with Gasteiger partial charge in [0, 0.05) is 23.0 Å². The summed E-state index contributed by atoms with van der Waals surface area (Å²) in [5.74, 6) is 0. The van der Waals surface area contributed by atoms with E-state index in [9.17, 15) is 4.57 Å². The Hall–Kier alpha value is -2.26. The molecule has 0 aliphatic rings. The summed E-state index contributed by atoms with van der Waals surface area (Å²) in [7, 11) is -3.92. The third kappa shape index (κ3) is 5.62. The SMILES string of the molecule is CCc1ccc(-c2ccc(CCCCP(=O)(O)O)nc2-c2ccccc2)cc1. The third-order valence-corrected chi connectivity index (χ3v) is 5.70. The van der Waals surface area contributed by atoms with Gasteiger partial charge in [0.15, 0.2) is 0 Å². The van der Waals surface area contributed by atoms with Crippen molar-refractivity contribution in [3.63, 3.8) is 0 Å². The quantitative estimate of drug-likeness (QED) is 0.391. The molecule has 3 rings (SSSR count). The van der Waals surface area contributed by atoms with Gasteiger partial charge in [-0.2, -0.15) is 0 Å². The van der Waals surface area contributed by atoms with Gasteiger partial charge in [-0.3, -0.25) is 9.55 Å². The van der Waals surface area contributed by atoms with Gasteiger partial charge in [0.2, 0.25) is 0 Å². The molecule has 0 saturated heterocycles. The van der Waals surface area contributed by atoms with E-state index in [1.807, 2.05) is 24.3 Å². The van der Waals surface area contributed by atoms with Gasteiger partial charge in [-0.15, -0.1) is 0 Å². The van der Waals surface area contributed by atoms with Crippen LogP contribution in [0.1, 0.15) is 31.0 Å². The molecule has 146 valence electrons. The van der Waals surface area contributed by atoms with Crippen molar-refractivity contribution in [2.24, 2.45) is 0 Å². The Labute approximate surface area is 166 Å². The molecular weight excluding hydrogens is 369 g/mol. The summed E-state index contributed by atoms with van der Waals surface area (Å²) in [6, 6.07) is 22.8. The van der Waals surface area contributed by atoms with Gasteiger partial charge in [0.1, 0.15) is 0 Å². The van der Waals surface area contributed by atoms with Crippen molar-refractivity contribution < 1.29 is 14.4 Å². The first-order chi connectivity index (χ1) is 13.5. The van der Waals surface area contributed by atoms with E-state index in [2.05, 4.69) is 49.4 Å². The summed E-state index contributed by atoms with van der Waals surface area (Å²) in [6.07, 6.45) is 2.84. The van der Waals surface area contributed by atoms with Crippen LogP contribution in [0.15, 0.2) is 66.7 Å². The molecule has 3 aromatic rings. The minimum absolute atomic E-state index is 0.0690. The maximum Gasteiger partial charge on any atom is 0.325 e. The van der Waals surface area contributed by atoms with Crippen LogP contribution in [-0.2, 0) is 17.4 Å². The van der Waals surface area contributed by atoms with Crippen LogP contribution in [0.2, 0.25) is 0 Å². The predicted molar refractivity (Wildman–Crippen MR) is 114 cm³/mol. The van der Waals surface area contributed by atoms with E-state index >= 15 is 0 Å². The predicted octanol–water partition coefficient (Wildman–Crippen LogP) is 5.48. The Morgan fingerprint density at radius 2 is 1.57 bits per heavy atom. The standard InChI is InChI=1S/C23H26NO3P/c1-2-18-11-13-19(14-12-18)22-16-15-21(10-6-7-17-28(25,26)27)24-23(22)20-8-4-3-5-9-20/h3-5,8-9,11-16H,2,6-7,10,17H2,1H3,(H2,25,26,27). The minimum atomic E-state index is -3.92. The van der Waals surface area contributed by atoms with Crippen molar-refractivity contribution in [3.05, 3.63) is 78.0 Å². The van der Waals surface area contributed by atoms with Crippen molar-refractivity contribution in [3.8, 4) is 22.4 Å². The molecule has 0 unspecified atom stereocenters. The molecule has 0 aliphatic carbocycles. The van der Waals surface area contributed by atoms with E-state index in [0.29, 0.717) is 19.3 Å². The average Bonchev–Trinajstić information content (AvgIpc) is 2.71. The van der Waals surface area contributed by atoms with Gasteiger partial charge in [0.05, 0.1) is 5.69 Å². The smallest absolute Gasteiger partial charge is 0.324 e. The first-order valence-corrected chi connectivity index (χ1v) is 11.5. The molecule has 2 N–H and O–H groups in total. The number of pyridine rings is 1. The molecule has 2 aromatic carbocycles. The first-order valence-electron chi connectivity index (χ1n) is 9.65. The highest BCUT2D eigenvalue weighted by Gasteiger charge is 2.13. The highest BCUT2D eigenvalue weighted by Crippen LogP contribution is 2.35. The van der Waals surface area contributed by atoms with Crippen LogP contribution in [-0.4, -0.2) is 20.9 Å². The molecule has 0 spiro atoms. The normalized spacial score (nSPS) is 11.5. The van der Waals surface area contributed by atoms with E-state index in [0.717, 1.165) is 34.5 Å². The second-order valence-corrected chi connectivity index (χ2v) is 8.74. The zero-order valence-electron chi connectivity index (χ0n) is 16.1. The Morgan fingerprint density at radius 3 is 2.21 bits per heavy atom. The van der Waals surface area contributed by atoms with E-state index < -0.39 is 7.60 Å². The molecule has 0 fully saturated rings. The van der Waals surface area contributed by atoms with Crippen LogP contribution in [0.4, 0.5) is 0 Å². The maximum absolute atomic E-state index is 11.0. The van der Waals surface area contributed by atoms with Crippen LogP contribution in [0.5, 0.6) is 0 Å². The summed E-state index contributed by atoms with van der Waals surface area (Å²) in [6.45, 7) is 2.15. The van der Waals surface area contributed by atoms with Gasteiger partial charge >= 0.3 is 7.60 Å². The number of nitrogens with zero attached hydrogens (tertiary/aromatic N) is 1. The molecule has 4 nitrogen and oxygen atoms in total. The van der Waals surface area contributed by atoms with Crippen LogP contribution < -0.4 is 0 Å². The van der Waals surface area contributed by atoms with Gasteiger partial charge < -0.3 is 9.79 Å². The fourth-order valence-electron chi connectivity index (χ4n) is 3.23. The molecule has 0 radical (unpaired) electrons. The van der Waals surface area contributed by atoms with Crippen molar-refractivity contribution >= 4 is 7.60 Å². The molecule has 5 heteroatoms. The second-order valence-electron chi connectivity index (χ2n) is 6.96. The Kier molecular flexibility index (Phi) is 6.79. The summed E-state index contributed by atoms with van der Waals surface area (Å²) in [4.78, 5) is 22.9. The lowest BCUT2D eigenvalue weighted by Gasteiger charge is -2.12. The Morgan fingerprint density at radius 1 is 0.857 bits per heavy atom. The lowest BCUT2D eigenvalue weighted by molar-refractivity contribution is 0.371. The monoisotopic (exact) mass is 395 g/mol. The van der Waals surface area contributed by atoms with Gasteiger partial charge in [-0.05, 0) is 42.9 Å². The number of hydrogen-bond acceptors (Lipinski definition) is 2. The summed E-state index contributed by atoms with van der Waals surface area (Å²) in [5.41, 5.74) is 6.48. The van der Waals surface area contributed by atoms with Crippen LogP contribution >= 0.6 is 7.60 Å². The summed E-state index contributed by atoms with van der Waals surface area (Å²) >= 11 is 0. The summed E-state index contributed by atoms with van der Waals surface area (Å²) < 4.78 is 11.0. The van der Waals surface area contributed by atoms with Crippen LogP contribution in [0.3, 0.4) is 0 Å². The van der Waals surface area contributed by atoms with E-state index in [4.69, 9.17) is 14.8 Å². The molecule has 0 atom stereocenters. The van der Waals surface area contributed by atoms with Crippen LogP contribution in [0, 0.1) is 0 Å². The minimum Gasteiger partial charge on any atom is -0.324 e. The van der Waals surface area contributed by atoms with Gasteiger partial charge in [0.25, 0.3) is 0 Å². The number of aryl methyl sites for hydroxylation is 2. The third-order valence-electron chi connectivity index (χ3n) is 4.81. The highest BCUT2D eigenvalue weighted by molar-refractivity contribution is 7.51. The molecule has 1 aromatic heterocycles. The maximum atomic E-state index is 11.0. The average molecular weight is 395 g/mol. The van der Waals surface area contributed by atoms with Crippen molar-refractivity contribution in [1.82, 2.24) is 4.98 Å². The topological polar surface area (TPSA) is 70.4 Å². The van der Waals surface area contributed by atoms with E-state index in [-0.39, 0.29) is 6.16 Å². The van der Waals surface area contributed by atoms with E-state index in [1.54, 1.807) is 0 Å². The fourth-order valence-corrected chi connectivity index (χ4v) is 3.87. The lowest BCUT2D eigenvalue weighted by atomic mass is 9.97. The fraction of sp³-hybridized carbons (Fsp3) is 0.261. The van der Waals surface area contributed by atoms with E-state index in [1.165, 1.54) is 5.56 Å². The number of rotatable bonds is 8. The zero-order valence-corrected chi connectivity index (χ0v) is 17.0. The summed E-state index contributed by atoms with van der Waals surface area (Å²) in [5, 5.41) is 0. The molecule has 1 heterocycles. The van der Waals surface area contributed by atoms with Crippen molar-refractivity contribution in [2.45, 2.75) is 32.6 Å². The van der Waals surface area contributed by atoms with Gasteiger partial charge in [-0.1, -0.05) is 67.6 Å².